The maximum atomic E-state index is 14.4. The molecule has 0 heterocycles. The number of benzene rings is 3. The summed E-state index contributed by atoms with van der Waals surface area (Å²) in [5.41, 5.74) is 0.105. The SMILES string of the molecule is CCCCOc1cc(OCCCC)c(-c2cc(F)c(CF)c(F)c2)c(OCCCC)c1.FOc1cc(F)c(F)c(F)c1. The summed E-state index contributed by atoms with van der Waals surface area (Å²) in [5.74, 6) is -5.75. The number of ether oxygens (including phenoxy) is 3. The van der Waals surface area contributed by atoms with E-state index in [2.05, 4.69) is 11.9 Å². The van der Waals surface area contributed by atoms with Crippen molar-refractivity contribution in [1.82, 2.24) is 0 Å². The lowest BCUT2D eigenvalue weighted by Gasteiger charge is -2.19. The van der Waals surface area contributed by atoms with E-state index in [4.69, 9.17) is 14.2 Å². The molecule has 0 spiro atoms. The Morgan fingerprint density at radius 3 is 1.43 bits per heavy atom. The van der Waals surface area contributed by atoms with Gasteiger partial charge >= 0.3 is 0 Å². The highest BCUT2D eigenvalue weighted by atomic mass is 19.3. The molecule has 0 amide bonds. The van der Waals surface area contributed by atoms with Gasteiger partial charge in [0.25, 0.3) is 0 Å². The van der Waals surface area contributed by atoms with E-state index in [-0.39, 0.29) is 5.56 Å². The zero-order valence-electron chi connectivity index (χ0n) is 23.8. The number of hydrogen-bond donors (Lipinski definition) is 0. The van der Waals surface area contributed by atoms with E-state index in [0.29, 0.717) is 54.8 Å². The summed E-state index contributed by atoms with van der Waals surface area (Å²) in [6.07, 6.45) is 5.44. The summed E-state index contributed by atoms with van der Waals surface area (Å²) in [4.78, 5) is 2.98. The van der Waals surface area contributed by atoms with Gasteiger partial charge in [-0.1, -0.05) is 40.0 Å². The Bertz CT molecular complexity index is 1190. The van der Waals surface area contributed by atoms with E-state index in [0.717, 1.165) is 50.7 Å². The van der Waals surface area contributed by atoms with Crippen LogP contribution in [0.2, 0.25) is 0 Å². The summed E-state index contributed by atoms with van der Waals surface area (Å²) in [6, 6.07) is 6.52. The quantitative estimate of drug-likeness (QED) is 0.0983. The predicted octanol–water partition coefficient (Wildman–Crippen LogP) is 10.0. The second kappa shape index (κ2) is 18.0. The molecule has 0 saturated carbocycles. The third kappa shape index (κ3) is 10.0. The van der Waals surface area contributed by atoms with Gasteiger partial charge in [0.05, 0.1) is 30.9 Å². The van der Waals surface area contributed by atoms with Gasteiger partial charge in [0, 0.05) is 28.8 Å². The summed E-state index contributed by atoms with van der Waals surface area (Å²) in [6.45, 7) is 6.42. The van der Waals surface area contributed by atoms with Gasteiger partial charge in [-0.2, -0.15) is 0 Å². The molecule has 0 aliphatic heterocycles. The minimum atomic E-state index is -1.65. The van der Waals surface area contributed by atoms with Gasteiger partial charge in [0.1, 0.15) is 35.6 Å². The van der Waals surface area contributed by atoms with Crippen LogP contribution >= 0.6 is 0 Å². The van der Waals surface area contributed by atoms with Gasteiger partial charge < -0.3 is 14.2 Å². The molecule has 0 N–H and O–H groups in total. The normalized spacial score (nSPS) is 10.6. The second-order valence-electron chi connectivity index (χ2n) is 9.23. The lowest BCUT2D eigenvalue weighted by Crippen LogP contribution is -2.05. The fourth-order valence-electron chi connectivity index (χ4n) is 3.60. The van der Waals surface area contributed by atoms with E-state index in [1.807, 2.05) is 13.8 Å². The molecule has 3 aromatic carbocycles. The average molecular weight is 605 g/mol. The summed E-state index contributed by atoms with van der Waals surface area (Å²) in [7, 11) is 0. The van der Waals surface area contributed by atoms with Crippen molar-refractivity contribution < 1.29 is 50.0 Å². The highest BCUT2D eigenvalue weighted by Crippen LogP contribution is 2.43. The van der Waals surface area contributed by atoms with Crippen molar-refractivity contribution in [1.29, 1.82) is 0 Å². The predicted molar refractivity (Wildman–Crippen MR) is 146 cm³/mol. The van der Waals surface area contributed by atoms with Gasteiger partial charge in [-0.15, -0.1) is 0 Å². The molecule has 0 aliphatic rings. The second-order valence-corrected chi connectivity index (χ2v) is 9.23. The zero-order valence-corrected chi connectivity index (χ0v) is 23.8. The third-order valence-corrected chi connectivity index (χ3v) is 5.93. The largest absolute Gasteiger partial charge is 0.493 e. The molecule has 0 radical (unpaired) electrons. The standard InChI is InChI=1S/C25H33F3O3.C6H2F4O/c1-4-7-10-29-19-15-23(30-11-8-5-2)25(24(16-19)31-12-9-6-3)18-13-21(27)20(17-26)22(28)14-18;7-4-1-3(11-10)2-5(8)6(4)9/h13-16H,4-12,17H2,1-3H3;1-2H. The first-order valence-electron chi connectivity index (χ1n) is 13.7. The van der Waals surface area contributed by atoms with Gasteiger partial charge in [-0.3, -0.25) is 4.94 Å². The molecule has 0 aromatic heterocycles. The monoisotopic (exact) mass is 604 g/mol. The van der Waals surface area contributed by atoms with Crippen LogP contribution in [0.4, 0.5) is 30.9 Å². The van der Waals surface area contributed by atoms with Gasteiger partial charge in [0.15, 0.2) is 23.2 Å². The molecular weight excluding hydrogens is 569 g/mol. The molecule has 42 heavy (non-hydrogen) atoms. The summed E-state index contributed by atoms with van der Waals surface area (Å²) < 4.78 is 107. The van der Waals surface area contributed by atoms with Crippen LogP contribution in [-0.2, 0) is 6.67 Å². The Balaban J connectivity index is 0.000000468. The Morgan fingerprint density at radius 1 is 0.571 bits per heavy atom. The fraction of sp³-hybridized carbons (Fsp3) is 0.419. The van der Waals surface area contributed by atoms with Crippen molar-refractivity contribution in [3.63, 3.8) is 0 Å². The molecule has 3 aromatic rings. The smallest absolute Gasteiger partial charge is 0.194 e. The van der Waals surface area contributed by atoms with E-state index in [9.17, 15) is 30.9 Å². The average Bonchev–Trinajstić information content (AvgIpc) is 2.96. The van der Waals surface area contributed by atoms with Crippen molar-refractivity contribution in [2.24, 2.45) is 0 Å². The molecule has 4 nitrogen and oxygen atoms in total. The Hall–Kier alpha value is -3.63. The Labute approximate surface area is 241 Å². The van der Waals surface area contributed by atoms with Crippen LogP contribution in [0.5, 0.6) is 23.0 Å². The van der Waals surface area contributed by atoms with Crippen LogP contribution in [-0.4, -0.2) is 19.8 Å². The van der Waals surface area contributed by atoms with Gasteiger partial charge in [-0.05, 0) is 37.0 Å². The number of hydrogen-bond acceptors (Lipinski definition) is 4. The van der Waals surface area contributed by atoms with E-state index in [1.165, 1.54) is 0 Å². The highest BCUT2D eigenvalue weighted by Gasteiger charge is 2.20. The zero-order chi connectivity index (χ0) is 31.1. The highest BCUT2D eigenvalue weighted by molar-refractivity contribution is 5.78. The maximum Gasteiger partial charge on any atom is 0.194 e. The van der Waals surface area contributed by atoms with Gasteiger partial charge in [0.2, 0.25) is 0 Å². The Morgan fingerprint density at radius 2 is 1.02 bits per heavy atom. The van der Waals surface area contributed by atoms with Crippen molar-refractivity contribution in [3.05, 3.63) is 71.0 Å². The van der Waals surface area contributed by atoms with Crippen molar-refractivity contribution in [3.8, 4) is 34.1 Å². The van der Waals surface area contributed by atoms with Crippen LogP contribution < -0.4 is 19.2 Å². The molecule has 0 aliphatic carbocycles. The molecule has 0 saturated heterocycles. The molecule has 0 atom stereocenters. The maximum absolute atomic E-state index is 14.4. The van der Waals surface area contributed by atoms with E-state index < -0.39 is 47.1 Å². The third-order valence-electron chi connectivity index (χ3n) is 5.93. The molecule has 0 bridgehead atoms. The van der Waals surface area contributed by atoms with Crippen LogP contribution in [0, 0.1) is 29.1 Å². The first-order chi connectivity index (χ1) is 20.2. The number of rotatable bonds is 15. The van der Waals surface area contributed by atoms with Crippen LogP contribution in [0.25, 0.3) is 11.1 Å². The summed E-state index contributed by atoms with van der Waals surface area (Å²) >= 11 is 0. The van der Waals surface area contributed by atoms with Crippen molar-refractivity contribution in [2.45, 2.75) is 66.0 Å². The van der Waals surface area contributed by atoms with Gasteiger partial charge in [-0.25, -0.2) is 26.3 Å². The first kappa shape index (κ1) is 34.6. The lowest BCUT2D eigenvalue weighted by molar-refractivity contribution is -0.00711. The van der Waals surface area contributed by atoms with E-state index >= 15 is 0 Å². The van der Waals surface area contributed by atoms with Crippen LogP contribution in [0.15, 0.2) is 36.4 Å². The van der Waals surface area contributed by atoms with Crippen LogP contribution in [0.1, 0.15) is 64.9 Å². The molecule has 0 unspecified atom stereocenters. The molecule has 3 rings (SSSR count). The van der Waals surface area contributed by atoms with E-state index in [1.54, 1.807) is 12.1 Å². The molecule has 232 valence electrons. The number of alkyl halides is 1. The molecular formula is C31H35F7O4. The lowest BCUT2D eigenvalue weighted by atomic mass is 10.0. The fourth-order valence-corrected chi connectivity index (χ4v) is 3.60. The Kier molecular flexibility index (Phi) is 14.8. The topological polar surface area (TPSA) is 36.9 Å². The molecule has 0 fully saturated rings. The molecule has 11 heteroatoms. The van der Waals surface area contributed by atoms with Crippen LogP contribution in [0.3, 0.4) is 0 Å². The first-order valence-corrected chi connectivity index (χ1v) is 13.7. The summed E-state index contributed by atoms with van der Waals surface area (Å²) in [5, 5.41) is 0. The number of unbranched alkanes of at least 4 members (excludes halogenated alkanes) is 3. The minimum Gasteiger partial charge on any atom is -0.493 e. The van der Waals surface area contributed by atoms with Crippen molar-refractivity contribution in [2.75, 3.05) is 19.8 Å². The van der Waals surface area contributed by atoms with Crippen molar-refractivity contribution >= 4 is 0 Å². The minimum absolute atomic E-state index is 0.241. The number of halogens is 7.